The average molecular weight is 534 g/mol. The van der Waals surface area contributed by atoms with E-state index in [-0.39, 0.29) is 36.9 Å². The van der Waals surface area contributed by atoms with Crippen molar-refractivity contribution < 1.29 is 29.4 Å². The molecule has 0 spiro atoms. The maximum Gasteiger partial charge on any atom is 0.243 e. The Morgan fingerprint density at radius 3 is 2.22 bits per heavy atom. The van der Waals surface area contributed by atoms with Crippen molar-refractivity contribution in [1.82, 2.24) is 15.6 Å². The van der Waals surface area contributed by atoms with Crippen LogP contribution < -0.4 is 21.7 Å². The molecule has 4 atom stereocenters. The molecule has 1 heterocycles. The fraction of sp³-hybridized carbons (Fsp3) is 0.480. The monoisotopic (exact) mass is 533 g/mol. The number of thiazole rings is 1. The summed E-state index contributed by atoms with van der Waals surface area (Å²) in [7, 11) is 0. The number of aliphatic hydroxyl groups excluding tert-OH is 1. The number of amides is 3. The van der Waals surface area contributed by atoms with Gasteiger partial charge in [0.2, 0.25) is 17.7 Å². The highest BCUT2D eigenvalue weighted by Gasteiger charge is 2.29. The number of nitrogens with zero attached hydrogens (tertiary/aromatic N) is 1. The fourth-order valence-electron chi connectivity index (χ4n) is 3.47. The first-order valence-corrected chi connectivity index (χ1v) is 12.8. The van der Waals surface area contributed by atoms with Gasteiger partial charge in [-0.15, -0.1) is 0 Å². The molecular formula is C25H35N5O6S. The van der Waals surface area contributed by atoms with Gasteiger partial charge in [0.05, 0.1) is 17.5 Å². The molecule has 0 aliphatic carbocycles. The topological polar surface area (TPSA) is 184 Å². The maximum atomic E-state index is 12.9. The Kier molecular flexibility index (Phi) is 11.0. The third-order valence-corrected chi connectivity index (χ3v) is 6.68. The highest BCUT2D eigenvalue weighted by atomic mass is 32.1. The Balaban J connectivity index is 1.92. The smallest absolute Gasteiger partial charge is 0.243 e. The molecule has 0 bridgehead atoms. The van der Waals surface area contributed by atoms with E-state index in [4.69, 9.17) is 5.73 Å². The largest absolute Gasteiger partial charge is 0.508 e. The highest BCUT2D eigenvalue weighted by molar-refractivity contribution is 7.15. The van der Waals surface area contributed by atoms with Gasteiger partial charge in [-0.25, -0.2) is 4.98 Å². The van der Waals surface area contributed by atoms with E-state index in [0.29, 0.717) is 15.6 Å². The number of aromatic nitrogens is 1. The molecule has 0 radical (unpaired) electrons. The second-order valence-corrected chi connectivity index (χ2v) is 10.4. The Hall–Kier alpha value is -3.51. The SMILES string of the molecule is CC(C)C(Nc1ncc(CO)s1)C(=O)N[C@@H](C)C(=O)C[C@@H](C)C(=O)N[C@@H](Cc1ccc(O)cc1)C(N)=O. The minimum atomic E-state index is -0.984. The lowest BCUT2D eigenvalue weighted by Crippen LogP contribution is -2.50. The van der Waals surface area contributed by atoms with E-state index < -0.39 is 41.8 Å². The summed E-state index contributed by atoms with van der Waals surface area (Å²) < 4.78 is 0. The maximum absolute atomic E-state index is 12.9. The summed E-state index contributed by atoms with van der Waals surface area (Å²) in [5.74, 6) is -2.78. The first-order valence-electron chi connectivity index (χ1n) is 11.9. The highest BCUT2D eigenvalue weighted by Crippen LogP contribution is 2.21. The van der Waals surface area contributed by atoms with Crippen molar-refractivity contribution >= 4 is 40.0 Å². The second kappa shape index (κ2) is 13.7. The van der Waals surface area contributed by atoms with Crippen LogP contribution in [-0.4, -0.2) is 56.8 Å². The summed E-state index contributed by atoms with van der Waals surface area (Å²) >= 11 is 1.23. The fourth-order valence-corrected chi connectivity index (χ4v) is 4.18. The number of carbonyl (C=O) groups is 4. The molecule has 0 saturated carbocycles. The number of aromatic hydroxyl groups is 1. The van der Waals surface area contributed by atoms with Crippen molar-refractivity contribution in [2.75, 3.05) is 5.32 Å². The van der Waals surface area contributed by atoms with Gasteiger partial charge in [0.1, 0.15) is 17.8 Å². The number of phenolic OH excluding ortho intramolecular Hbond substituents is 1. The molecular weight excluding hydrogens is 498 g/mol. The van der Waals surface area contributed by atoms with Crippen LogP contribution in [0.1, 0.15) is 44.6 Å². The van der Waals surface area contributed by atoms with Crippen molar-refractivity contribution in [3.05, 3.63) is 40.9 Å². The lowest BCUT2D eigenvalue weighted by molar-refractivity contribution is -0.133. The number of anilines is 1. The summed E-state index contributed by atoms with van der Waals surface area (Å²) in [6.07, 6.45) is 1.51. The quantitative estimate of drug-likeness (QED) is 0.208. The zero-order chi connectivity index (χ0) is 27.7. The molecule has 0 aliphatic rings. The van der Waals surface area contributed by atoms with E-state index in [1.54, 1.807) is 26.0 Å². The third-order valence-electron chi connectivity index (χ3n) is 5.77. The van der Waals surface area contributed by atoms with Crippen molar-refractivity contribution in [3.8, 4) is 5.75 Å². The van der Waals surface area contributed by atoms with Crippen LogP contribution in [0.4, 0.5) is 5.13 Å². The summed E-state index contributed by atoms with van der Waals surface area (Å²) in [6.45, 7) is 6.66. The molecule has 202 valence electrons. The Morgan fingerprint density at radius 1 is 1.03 bits per heavy atom. The lowest BCUT2D eigenvalue weighted by atomic mass is 9.98. The molecule has 2 rings (SSSR count). The second-order valence-electron chi connectivity index (χ2n) is 9.29. The first kappa shape index (κ1) is 29.7. The summed E-state index contributed by atoms with van der Waals surface area (Å²) in [4.78, 5) is 55.0. The van der Waals surface area contributed by atoms with E-state index in [9.17, 15) is 29.4 Å². The molecule has 0 aliphatic heterocycles. The van der Waals surface area contributed by atoms with Crippen molar-refractivity contribution in [3.63, 3.8) is 0 Å². The lowest BCUT2D eigenvalue weighted by Gasteiger charge is -2.24. The number of primary amides is 1. The number of benzene rings is 1. The number of nitrogens with two attached hydrogens (primary N) is 1. The third kappa shape index (κ3) is 9.14. The van der Waals surface area contributed by atoms with Gasteiger partial charge in [-0.1, -0.05) is 44.2 Å². The van der Waals surface area contributed by atoms with Crippen molar-refractivity contribution in [1.29, 1.82) is 0 Å². The van der Waals surface area contributed by atoms with Gasteiger partial charge >= 0.3 is 0 Å². The Morgan fingerprint density at radius 2 is 1.68 bits per heavy atom. The molecule has 1 unspecified atom stereocenters. The summed E-state index contributed by atoms with van der Waals surface area (Å²) in [6, 6.07) is 3.68. The van der Waals surface area contributed by atoms with E-state index in [0.717, 1.165) is 0 Å². The van der Waals surface area contributed by atoms with Gasteiger partial charge < -0.3 is 31.9 Å². The number of Topliss-reactive ketones (excluding diaryl/α,β-unsaturated/α-hetero) is 1. The van der Waals surface area contributed by atoms with Crippen LogP contribution in [0.5, 0.6) is 5.75 Å². The molecule has 0 fully saturated rings. The molecule has 0 saturated heterocycles. The Labute approximate surface area is 219 Å². The zero-order valence-corrected chi connectivity index (χ0v) is 22.2. The average Bonchev–Trinajstić information content (AvgIpc) is 3.30. The molecule has 1 aromatic heterocycles. The molecule has 3 amide bonds. The summed E-state index contributed by atoms with van der Waals surface area (Å²) in [5.41, 5.74) is 6.14. The molecule has 11 nitrogen and oxygen atoms in total. The van der Waals surface area contributed by atoms with Gasteiger partial charge in [0.25, 0.3) is 0 Å². The van der Waals surface area contributed by atoms with Crippen LogP contribution >= 0.6 is 11.3 Å². The zero-order valence-electron chi connectivity index (χ0n) is 21.4. The standard InChI is InChI=1S/C25H35N5O6S/c1-13(2)21(30-25-27-11-18(12-31)37-25)24(36)28-15(4)20(33)9-14(3)23(35)29-19(22(26)34)10-16-5-7-17(32)8-6-16/h5-8,11,13-15,19,21,31-32H,9-10,12H2,1-4H3,(H2,26,34)(H,27,30)(H,28,36)(H,29,35)/t14-,15+,19+,21?/m1/s1. The predicted octanol–water partition coefficient (Wildman–Crippen LogP) is 1.09. The van der Waals surface area contributed by atoms with Crippen LogP contribution in [0.2, 0.25) is 0 Å². The van der Waals surface area contributed by atoms with Crippen molar-refractivity contribution in [2.45, 2.75) is 65.3 Å². The van der Waals surface area contributed by atoms with Crippen molar-refractivity contribution in [2.24, 2.45) is 17.6 Å². The van der Waals surface area contributed by atoms with E-state index in [1.807, 2.05) is 13.8 Å². The molecule has 37 heavy (non-hydrogen) atoms. The van der Waals surface area contributed by atoms with Gasteiger partial charge in [-0.3, -0.25) is 19.2 Å². The van der Waals surface area contributed by atoms with Gasteiger partial charge in [0.15, 0.2) is 10.9 Å². The number of nitrogens with one attached hydrogen (secondary N) is 3. The number of hydrogen-bond acceptors (Lipinski definition) is 9. The van der Waals surface area contributed by atoms with Crippen LogP contribution in [-0.2, 0) is 32.2 Å². The van der Waals surface area contributed by atoms with E-state index in [1.165, 1.54) is 29.7 Å². The minimum absolute atomic E-state index is 0.0753. The van der Waals surface area contributed by atoms with Crippen LogP contribution in [0.25, 0.3) is 0 Å². The van der Waals surface area contributed by atoms with Gasteiger partial charge in [-0.2, -0.15) is 0 Å². The first-order chi connectivity index (χ1) is 17.4. The predicted molar refractivity (Wildman–Crippen MR) is 140 cm³/mol. The normalized spacial score (nSPS) is 14.3. The molecule has 2 aromatic rings. The van der Waals surface area contributed by atoms with Gasteiger partial charge in [0, 0.05) is 25.0 Å². The number of carbonyl (C=O) groups excluding carboxylic acids is 4. The molecule has 7 N–H and O–H groups in total. The van der Waals surface area contributed by atoms with E-state index >= 15 is 0 Å². The summed E-state index contributed by atoms with van der Waals surface area (Å²) in [5, 5.41) is 27.4. The number of aliphatic hydroxyl groups is 1. The molecule has 12 heteroatoms. The Bertz CT molecular complexity index is 1090. The van der Waals surface area contributed by atoms with Crippen LogP contribution in [0, 0.1) is 11.8 Å². The number of rotatable bonds is 14. The minimum Gasteiger partial charge on any atom is -0.508 e. The van der Waals surface area contributed by atoms with Crippen LogP contribution in [0.15, 0.2) is 30.5 Å². The van der Waals surface area contributed by atoms with Crippen LogP contribution in [0.3, 0.4) is 0 Å². The number of ketones is 1. The molecule has 1 aromatic carbocycles. The van der Waals surface area contributed by atoms with E-state index in [2.05, 4.69) is 20.9 Å². The number of hydrogen-bond donors (Lipinski definition) is 6. The van der Waals surface area contributed by atoms with Gasteiger partial charge in [-0.05, 0) is 30.5 Å². The number of phenols is 1.